The van der Waals surface area contributed by atoms with Crippen molar-refractivity contribution in [3.05, 3.63) is 35.4 Å². The molecule has 110 valence electrons. The maximum absolute atomic E-state index is 6.04. The van der Waals surface area contributed by atoms with Crippen LogP contribution in [0.4, 0.5) is 0 Å². The SMILES string of the molecule is Cc1cccc(C(CNC2CC2)CC2CCC(C)O2)c1. The molecule has 1 heterocycles. The second-order valence-electron chi connectivity index (χ2n) is 6.68. The Morgan fingerprint density at radius 1 is 1.25 bits per heavy atom. The molecule has 3 atom stereocenters. The molecule has 0 spiro atoms. The van der Waals surface area contributed by atoms with Gasteiger partial charge in [-0.25, -0.2) is 0 Å². The predicted octanol–water partition coefficient (Wildman–Crippen LogP) is 3.79. The maximum Gasteiger partial charge on any atom is 0.0586 e. The lowest BCUT2D eigenvalue weighted by molar-refractivity contribution is 0.0465. The van der Waals surface area contributed by atoms with Crippen molar-refractivity contribution in [2.75, 3.05) is 6.54 Å². The van der Waals surface area contributed by atoms with E-state index in [4.69, 9.17) is 4.74 Å². The molecule has 2 heteroatoms. The molecule has 1 aliphatic carbocycles. The summed E-state index contributed by atoms with van der Waals surface area (Å²) in [7, 11) is 0. The largest absolute Gasteiger partial charge is 0.375 e. The van der Waals surface area contributed by atoms with Gasteiger partial charge in [-0.15, -0.1) is 0 Å². The first-order valence-electron chi connectivity index (χ1n) is 8.16. The third-order valence-electron chi connectivity index (χ3n) is 4.61. The second kappa shape index (κ2) is 6.28. The van der Waals surface area contributed by atoms with Crippen molar-refractivity contribution in [3.63, 3.8) is 0 Å². The van der Waals surface area contributed by atoms with E-state index in [9.17, 15) is 0 Å². The van der Waals surface area contributed by atoms with E-state index in [2.05, 4.69) is 43.4 Å². The molecule has 0 bridgehead atoms. The predicted molar refractivity (Wildman–Crippen MR) is 83.1 cm³/mol. The van der Waals surface area contributed by atoms with Gasteiger partial charge in [0.2, 0.25) is 0 Å². The molecule has 0 radical (unpaired) electrons. The van der Waals surface area contributed by atoms with Gasteiger partial charge in [-0.1, -0.05) is 29.8 Å². The van der Waals surface area contributed by atoms with Crippen LogP contribution in [0.2, 0.25) is 0 Å². The van der Waals surface area contributed by atoms with E-state index in [1.807, 2.05) is 0 Å². The van der Waals surface area contributed by atoms with Crippen molar-refractivity contribution in [1.82, 2.24) is 5.32 Å². The van der Waals surface area contributed by atoms with E-state index in [1.54, 1.807) is 0 Å². The van der Waals surface area contributed by atoms with Crippen LogP contribution >= 0.6 is 0 Å². The van der Waals surface area contributed by atoms with E-state index in [1.165, 1.54) is 36.8 Å². The molecule has 3 rings (SSSR count). The van der Waals surface area contributed by atoms with Crippen LogP contribution in [0.3, 0.4) is 0 Å². The summed E-state index contributed by atoms with van der Waals surface area (Å²) in [5.74, 6) is 0.589. The van der Waals surface area contributed by atoms with Gasteiger partial charge in [-0.2, -0.15) is 0 Å². The Morgan fingerprint density at radius 3 is 2.75 bits per heavy atom. The van der Waals surface area contributed by atoms with Gasteiger partial charge in [-0.3, -0.25) is 0 Å². The number of benzene rings is 1. The third-order valence-corrected chi connectivity index (χ3v) is 4.61. The number of hydrogen-bond acceptors (Lipinski definition) is 2. The monoisotopic (exact) mass is 273 g/mol. The van der Waals surface area contributed by atoms with Crippen molar-refractivity contribution in [1.29, 1.82) is 0 Å². The third kappa shape index (κ3) is 3.83. The molecular weight excluding hydrogens is 246 g/mol. The van der Waals surface area contributed by atoms with Crippen molar-refractivity contribution in [2.24, 2.45) is 0 Å². The van der Waals surface area contributed by atoms with E-state index in [-0.39, 0.29) is 0 Å². The number of aryl methyl sites for hydroxylation is 1. The first-order chi connectivity index (χ1) is 9.70. The Balaban J connectivity index is 1.65. The van der Waals surface area contributed by atoms with Gasteiger partial charge in [0.1, 0.15) is 0 Å². The number of nitrogens with one attached hydrogen (secondary N) is 1. The fraction of sp³-hybridized carbons (Fsp3) is 0.667. The summed E-state index contributed by atoms with van der Waals surface area (Å²) in [6.07, 6.45) is 7.24. The summed E-state index contributed by atoms with van der Waals surface area (Å²) < 4.78 is 6.04. The van der Waals surface area contributed by atoms with Crippen LogP contribution in [-0.4, -0.2) is 24.8 Å². The molecule has 1 aliphatic heterocycles. The fourth-order valence-corrected chi connectivity index (χ4v) is 3.23. The molecule has 2 nitrogen and oxygen atoms in total. The minimum absolute atomic E-state index is 0.453. The zero-order valence-electron chi connectivity index (χ0n) is 12.8. The van der Waals surface area contributed by atoms with Crippen molar-refractivity contribution in [2.45, 2.75) is 70.1 Å². The average Bonchev–Trinajstić information content (AvgIpc) is 3.17. The molecule has 2 fully saturated rings. The molecular formula is C18H27NO. The van der Waals surface area contributed by atoms with E-state index < -0.39 is 0 Å². The van der Waals surface area contributed by atoms with Gasteiger partial charge in [0, 0.05) is 12.6 Å². The maximum atomic E-state index is 6.04. The van der Waals surface area contributed by atoms with Crippen LogP contribution in [0.5, 0.6) is 0 Å². The van der Waals surface area contributed by atoms with E-state index in [0.717, 1.165) is 19.0 Å². The molecule has 1 N–H and O–H groups in total. The Kier molecular flexibility index (Phi) is 4.42. The summed E-state index contributed by atoms with van der Waals surface area (Å²) in [5, 5.41) is 3.70. The molecule has 0 aromatic heterocycles. The molecule has 1 aromatic carbocycles. The van der Waals surface area contributed by atoms with Crippen LogP contribution < -0.4 is 5.32 Å². The zero-order valence-corrected chi connectivity index (χ0v) is 12.8. The van der Waals surface area contributed by atoms with Gasteiger partial charge in [0.05, 0.1) is 12.2 Å². The lowest BCUT2D eigenvalue weighted by Gasteiger charge is -2.22. The summed E-state index contributed by atoms with van der Waals surface area (Å²) in [5.41, 5.74) is 2.83. The number of rotatable bonds is 6. The highest BCUT2D eigenvalue weighted by Crippen LogP contribution is 2.30. The second-order valence-corrected chi connectivity index (χ2v) is 6.68. The quantitative estimate of drug-likeness (QED) is 0.851. The lowest BCUT2D eigenvalue weighted by atomic mass is 9.91. The smallest absolute Gasteiger partial charge is 0.0586 e. The van der Waals surface area contributed by atoms with Crippen LogP contribution in [0.1, 0.15) is 56.1 Å². The standard InChI is InChI=1S/C18H27NO/c1-13-4-3-5-15(10-13)16(12-19-17-7-8-17)11-18-9-6-14(2)20-18/h3-5,10,14,16-19H,6-9,11-12H2,1-2H3. The minimum Gasteiger partial charge on any atom is -0.375 e. The molecule has 2 aliphatic rings. The number of hydrogen-bond donors (Lipinski definition) is 1. The number of ether oxygens (including phenoxy) is 1. The molecule has 20 heavy (non-hydrogen) atoms. The molecule has 0 amide bonds. The average molecular weight is 273 g/mol. The Bertz CT molecular complexity index is 441. The van der Waals surface area contributed by atoms with Crippen LogP contribution in [-0.2, 0) is 4.74 Å². The van der Waals surface area contributed by atoms with Gasteiger partial charge in [0.25, 0.3) is 0 Å². The lowest BCUT2D eigenvalue weighted by Crippen LogP contribution is -2.26. The van der Waals surface area contributed by atoms with Crippen LogP contribution in [0.15, 0.2) is 24.3 Å². The van der Waals surface area contributed by atoms with Gasteiger partial charge >= 0.3 is 0 Å². The van der Waals surface area contributed by atoms with Crippen LogP contribution in [0.25, 0.3) is 0 Å². The van der Waals surface area contributed by atoms with Crippen molar-refractivity contribution < 1.29 is 4.74 Å². The summed E-state index contributed by atoms with van der Waals surface area (Å²) >= 11 is 0. The fourth-order valence-electron chi connectivity index (χ4n) is 3.23. The summed E-state index contributed by atoms with van der Waals surface area (Å²) in [4.78, 5) is 0. The van der Waals surface area contributed by atoms with Gasteiger partial charge < -0.3 is 10.1 Å². The summed E-state index contributed by atoms with van der Waals surface area (Å²) in [6.45, 7) is 5.48. The highest BCUT2D eigenvalue weighted by molar-refractivity contribution is 5.26. The van der Waals surface area contributed by atoms with Crippen molar-refractivity contribution >= 4 is 0 Å². The minimum atomic E-state index is 0.453. The van der Waals surface area contributed by atoms with E-state index >= 15 is 0 Å². The van der Waals surface area contributed by atoms with Gasteiger partial charge in [-0.05, 0) is 57.4 Å². The highest BCUT2D eigenvalue weighted by atomic mass is 16.5. The Morgan fingerprint density at radius 2 is 2.10 bits per heavy atom. The highest BCUT2D eigenvalue weighted by Gasteiger charge is 2.27. The van der Waals surface area contributed by atoms with Crippen molar-refractivity contribution in [3.8, 4) is 0 Å². The topological polar surface area (TPSA) is 21.3 Å². The van der Waals surface area contributed by atoms with E-state index in [0.29, 0.717) is 18.1 Å². The van der Waals surface area contributed by atoms with Gasteiger partial charge in [0.15, 0.2) is 0 Å². The normalized spacial score (nSPS) is 27.7. The Hall–Kier alpha value is -0.860. The van der Waals surface area contributed by atoms with Crippen LogP contribution in [0, 0.1) is 6.92 Å². The molecule has 1 saturated carbocycles. The zero-order chi connectivity index (χ0) is 13.9. The molecule has 1 aromatic rings. The first kappa shape index (κ1) is 14.1. The summed E-state index contributed by atoms with van der Waals surface area (Å²) in [6, 6.07) is 9.78. The molecule has 1 saturated heterocycles. The first-order valence-corrected chi connectivity index (χ1v) is 8.16. The Labute approximate surface area is 122 Å². The molecule has 3 unspecified atom stereocenters.